The maximum atomic E-state index is 12.3. The molecule has 2 atom stereocenters. The van der Waals surface area contributed by atoms with Gasteiger partial charge in [0.05, 0.1) is 25.2 Å². The average molecular weight is 451 g/mol. The average Bonchev–Trinajstić information content (AvgIpc) is 2.76. The molecule has 0 aliphatic rings. The van der Waals surface area contributed by atoms with Crippen molar-refractivity contribution in [3.8, 4) is 17.2 Å². The fourth-order valence-electron chi connectivity index (χ4n) is 2.77. The molecular weight excluding hydrogens is 420 g/mol. The quantitative estimate of drug-likeness (QED) is 0.546. The molecule has 31 heavy (non-hydrogen) atoms. The van der Waals surface area contributed by atoms with E-state index >= 15 is 0 Å². The first-order valence-corrected chi connectivity index (χ1v) is 11.4. The molecule has 2 aromatic carbocycles. The number of carbonyl (C=O) groups excluding carboxylic acids is 1. The highest BCUT2D eigenvalue weighted by Crippen LogP contribution is 2.29. The van der Waals surface area contributed by atoms with Crippen LogP contribution in [0.5, 0.6) is 17.2 Å². The van der Waals surface area contributed by atoms with Crippen LogP contribution in [0.4, 0.5) is 0 Å². The normalized spacial score (nSPS) is 13.2. The van der Waals surface area contributed by atoms with Gasteiger partial charge in [0.15, 0.2) is 18.1 Å². The highest BCUT2D eigenvalue weighted by atomic mass is 32.2. The van der Waals surface area contributed by atoms with Gasteiger partial charge in [-0.3, -0.25) is 4.79 Å². The second kappa shape index (κ2) is 11.0. The molecule has 0 fully saturated rings. The summed E-state index contributed by atoms with van der Waals surface area (Å²) in [7, 11) is -0.470. The molecule has 9 heteroatoms. The third-order valence-corrected chi connectivity index (χ3v) is 6.36. The summed E-state index contributed by atoms with van der Waals surface area (Å²) in [5.41, 5.74) is 0.856. The monoisotopic (exact) mass is 450 g/mol. The van der Waals surface area contributed by atoms with Crippen molar-refractivity contribution in [2.24, 2.45) is 0 Å². The molecule has 1 amide bonds. The molecule has 0 unspecified atom stereocenters. The number of nitrogens with one attached hydrogen (secondary N) is 2. The summed E-state index contributed by atoms with van der Waals surface area (Å²) in [6, 6.07) is 10.9. The first-order valence-electron chi connectivity index (χ1n) is 9.96. The number of methoxy groups -OCH3 is 2. The molecule has 0 heterocycles. The highest BCUT2D eigenvalue weighted by molar-refractivity contribution is 7.89. The molecule has 170 valence electrons. The van der Waals surface area contributed by atoms with E-state index in [1.807, 2.05) is 19.9 Å². The van der Waals surface area contributed by atoms with Crippen molar-refractivity contribution in [1.82, 2.24) is 10.0 Å². The van der Waals surface area contributed by atoms with Gasteiger partial charge in [0.1, 0.15) is 5.75 Å². The zero-order chi connectivity index (χ0) is 23.0. The van der Waals surface area contributed by atoms with E-state index in [0.29, 0.717) is 23.7 Å². The van der Waals surface area contributed by atoms with Crippen LogP contribution in [-0.4, -0.2) is 41.2 Å². The predicted molar refractivity (Wildman–Crippen MR) is 118 cm³/mol. The number of benzene rings is 2. The number of hydrogen-bond donors (Lipinski definition) is 2. The minimum atomic E-state index is -3.58. The van der Waals surface area contributed by atoms with E-state index in [4.69, 9.17) is 14.2 Å². The fraction of sp³-hybridized carbons (Fsp3) is 0.409. The van der Waals surface area contributed by atoms with Gasteiger partial charge in [-0.05, 0) is 62.2 Å². The molecule has 0 saturated heterocycles. The third-order valence-electron chi connectivity index (χ3n) is 4.76. The number of hydrogen-bond acceptors (Lipinski definition) is 6. The van der Waals surface area contributed by atoms with Crippen LogP contribution in [0.2, 0.25) is 0 Å². The van der Waals surface area contributed by atoms with Crippen LogP contribution in [0.3, 0.4) is 0 Å². The maximum Gasteiger partial charge on any atom is 0.258 e. The second-order valence-corrected chi connectivity index (χ2v) is 8.81. The van der Waals surface area contributed by atoms with Crippen molar-refractivity contribution in [2.75, 3.05) is 20.8 Å². The van der Waals surface area contributed by atoms with Crippen LogP contribution in [0, 0.1) is 0 Å². The van der Waals surface area contributed by atoms with Gasteiger partial charge in [0.2, 0.25) is 10.0 Å². The van der Waals surface area contributed by atoms with E-state index in [1.165, 1.54) is 24.3 Å². The smallest absolute Gasteiger partial charge is 0.258 e. The number of sulfonamides is 1. The Morgan fingerprint density at radius 1 is 1.00 bits per heavy atom. The molecule has 0 bridgehead atoms. The Morgan fingerprint density at radius 2 is 1.65 bits per heavy atom. The van der Waals surface area contributed by atoms with Gasteiger partial charge in [-0.1, -0.05) is 13.0 Å². The minimum Gasteiger partial charge on any atom is -0.493 e. The Hall–Kier alpha value is -2.78. The summed E-state index contributed by atoms with van der Waals surface area (Å²) in [4.78, 5) is 12.4. The molecule has 2 N–H and O–H groups in total. The molecule has 2 aromatic rings. The van der Waals surface area contributed by atoms with Crippen molar-refractivity contribution in [3.63, 3.8) is 0 Å². The van der Waals surface area contributed by atoms with Gasteiger partial charge in [0, 0.05) is 6.04 Å². The SMILES string of the molecule is CC[C@@H](C)NS(=O)(=O)c1ccc(OCC(=O)N[C@H](C)c2ccc(OC)c(OC)c2)cc1. The van der Waals surface area contributed by atoms with Gasteiger partial charge < -0.3 is 19.5 Å². The van der Waals surface area contributed by atoms with Crippen LogP contribution in [0.15, 0.2) is 47.4 Å². The molecule has 0 spiro atoms. The van der Waals surface area contributed by atoms with Gasteiger partial charge in [0.25, 0.3) is 5.91 Å². The number of carbonyl (C=O) groups is 1. The van der Waals surface area contributed by atoms with Gasteiger partial charge in [-0.15, -0.1) is 0 Å². The van der Waals surface area contributed by atoms with E-state index in [1.54, 1.807) is 33.3 Å². The topological polar surface area (TPSA) is 103 Å². The van der Waals surface area contributed by atoms with E-state index < -0.39 is 10.0 Å². The fourth-order valence-corrected chi connectivity index (χ4v) is 4.10. The Balaban J connectivity index is 1.92. The molecule has 0 aromatic heterocycles. The third kappa shape index (κ3) is 6.86. The maximum absolute atomic E-state index is 12.3. The Labute approximate surface area is 184 Å². The number of rotatable bonds is 11. The summed E-state index contributed by atoms with van der Waals surface area (Å²) < 4.78 is 43.2. The van der Waals surface area contributed by atoms with Crippen LogP contribution in [0.25, 0.3) is 0 Å². The summed E-state index contributed by atoms with van der Waals surface area (Å²) in [5.74, 6) is 1.28. The molecule has 0 saturated carbocycles. The molecule has 0 aliphatic heterocycles. The first kappa shape index (κ1) is 24.5. The van der Waals surface area contributed by atoms with E-state index in [-0.39, 0.29) is 29.5 Å². The first-order chi connectivity index (χ1) is 14.7. The second-order valence-electron chi connectivity index (χ2n) is 7.09. The van der Waals surface area contributed by atoms with E-state index in [2.05, 4.69) is 10.0 Å². The molecule has 8 nitrogen and oxygen atoms in total. The Bertz CT molecular complexity index is 976. The van der Waals surface area contributed by atoms with Crippen molar-refractivity contribution in [1.29, 1.82) is 0 Å². The molecule has 0 aliphatic carbocycles. The molecular formula is C22H30N2O6S. The van der Waals surface area contributed by atoms with Gasteiger partial charge >= 0.3 is 0 Å². The summed E-state index contributed by atoms with van der Waals surface area (Å²) >= 11 is 0. The van der Waals surface area contributed by atoms with Crippen molar-refractivity contribution in [3.05, 3.63) is 48.0 Å². The van der Waals surface area contributed by atoms with Gasteiger partial charge in [-0.25, -0.2) is 13.1 Å². The summed E-state index contributed by atoms with van der Waals surface area (Å²) in [6.07, 6.45) is 0.692. The zero-order valence-corrected chi connectivity index (χ0v) is 19.3. The van der Waals surface area contributed by atoms with Crippen molar-refractivity contribution < 1.29 is 27.4 Å². The van der Waals surface area contributed by atoms with Crippen molar-refractivity contribution in [2.45, 2.75) is 44.2 Å². The van der Waals surface area contributed by atoms with Crippen molar-refractivity contribution >= 4 is 15.9 Å². The van der Waals surface area contributed by atoms with Crippen LogP contribution in [0.1, 0.15) is 38.8 Å². The standard InChI is InChI=1S/C22H30N2O6S/c1-6-15(2)24-31(26,27)19-10-8-18(9-11-19)30-14-22(25)23-16(3)17-7-12-20(28-4)21(13-17)29-5/h7-13,15-16,24H,6,14H2,1-5H3,(H,23,25)/t15-,16-/m1/s1. The Kier molecular flexibility index (Phi) is 8.70. The van der Waals surface area contributed by atoms with Gasteiger partial charge in [-0.2, -0.15) is 0 Å². The Morgan fingerprint density at radius 3 is 2.23 bits per heavy atom. The van der Waals surface area contributed by atoms with Crippen LogP contribution >= 0.6 is 0 Å². The zero-order valence-electron chi connectivity index (χ0n) is 18.5. The minimum absolute atomic E-state index is 0.145. The number of ether oxygens (including phenoxy) is 3. The predicted octanol–water partition coefficient (Wildman–Crippen LogP) is 3.04. The largest absolute Gasteiger partial charge is 0.493 e. The summed E-state index contributed by atoms with van der Waals surface area (Å²) in [5, 5.41) is 2.85. The molecule has 2 rings (SSSR count). The lowest BCUT2D eigenvalue weighted by Crippen LogP contribution is -2.32. The van der Waals surface area contributed by atoms with Crippen LogP contribution in [-0.2, 0) is 14.8 Å². The lowest BCUT2D eigenvalue weighted by molar-refractivity contribution is -0.123. The van der Waals surface area contributed by atoms with Crippen LogP contribution < -0.4 is 24.2 Å². The summed E-state index contributed by atoms with van der Waals surface area (Å²) in [6.45, 7) is 5.36. The highest BCUT2D eigenvalue weighted by Gasteiger charge is 2.17. The number of amides is 1. The molecule has 0 radical (unpaired) electrons. The lowest BCUT2D eigenvalue weighted by atomic mass is 10.1. The van der Waals surface area contributed by atoms with E-state index in [0.717, 1.165) is 5.56 Å². The lowest BCUT2D eigenvalue weighted by Gasteiger charge is -2.17. The van der Waals surface area contributed by atoms with E-state index in [9.17, 15) is 13.2 Å².